The normalized spacial score (nSPS) is 18.2. The van der Waals surface area contributed by atoms with Crippen molar-refractivity contribution in [3.05, 3.63) is 12.2 Å². The van der Waals surface area contributed by atoms with Gasteiger partial charge in [-0.05, 0) is 39.0 Å². The molecule has 0 aliphatic rings. The predicted octanol–water partition coefficient (Wildman–Crippen LogP) is 4.24. The van der Waals surface area contributed by atoms with E-state index < -0.39 is 0 Å². The van der Waals surface area contributed by atoms with Crippen LogP contribution in [0.2, 0.25) is 0 Å². The first-order valence-electron chi connectivity index (χ1n) is 4.69. The molecule has 0 fully saturated rings. The highest BCUT2D eigenvalue weighted by atomic mass is 35.5. The van der Waals surface area contributed by atoms with Gasteiger partial charge in [0.15, 0.2) is 0 Å². The van der Waals surface area contributed by atoms with Crippen LogP contribution in [-0.2, 0) is 0 Å². The molecule has 0 aliphatic heterocycles. The van der Waals surface area contributed by atoms with E-state index in [2.05, 4.69) is 46.8 Å². The molecule has 1 heteroatoms. The minimum absolute atomic E-state index is 0.0736. The molecule has 0 bridgehead atoms. The Morgan fingerprint density at radius 1 is 1.33 bits per heavy atom. The van der Waals surface area contributed by atoms with Crippen molar-refractivity contribution < 1.29 is 0 Å². The minimum Gasteiger partial charge on any atom is -0.120 e. The predicted molar refractivity (Wildman–Crippen MR) is 57.7 cm³/mol. The second-order valence-corrected chi connectivity index (χ2v) is 5.18. The van der Waals surface area contributed by atoms with Gasteiger partial charge in [0.1, 0.15) is 0 Å². The summed E-state index contributed by atoms with van der Waals surface area (Å²) in [6.07, 6.45) is 5.51. The highest BCUT2D eigenvalue weighted by molar-refractivity contribution is 6.23. The molecule has 0 amide bonds. The van der Waals surface area contributed by atoms with Gasteiger partial charge >= 0.3 is 0 Å². The van der Waals surface area contributed by atoms with Crippen molar-refractivity contribution in [1.29, 1.82) is 0 Å². The lowest BCUT2D eigenvalue weighted by Gasteiger charge is -2.26. The van der Waals surface area contributed by atoms with Gasteiger partial charge in [-0.2, -0.15) is 0 Å². The third kappa shape index (κ3) is 4.82. The average molecular weight is 189 g/mol. The quantitative estimate of drug-likeness (QED) is 0.457. The lowest BCUT2D eigenvalue weighted by molar-refractivity contribution is 0.384. The Labute approximate surface area is 82.0 Å². The van der Waals surface area contributed by atoms with E-state index >= 15 is 0 Å². The first kappa shape index (κ1) is 12.0. The van der Waals surface area contributed by atoms with E-state index in [1.165, 1.54) is 6.42 Å². The first-order chi connectivity index (χ1) is 5.38. The molecule has 0 radical (unpaired) electrons. The zero-order valence-electron chi connectivity index (χ0n) is 8.89. The van der Waals surface area contributed by atoms with Crippen molar-refractivity contribution >= 4 is 11.6 Å². The van der Waals surface area contributed by atoms with Gasteiger partial charge in [0.2, 0.25) is 0 Å². The zero-order chi connectivity index (χ0) is 9.78. The van der Waals surface area contributed by atoms with E-state index in [0.29, 0.717) is 11.8 Å². The van der Waals surface area contributed by atoms with Crippen molar-refractivity contribution in [2.45, 2.75) is 45.9 Å². The Morgan fingerprint density at radius 2 is 1.83 bits per heavy atom. The molecule has 0 rings (SSSR count). The molecule has 12 heavy (non-hydrogen) atoms. The summed E-state index contributed by atoms with van der Waals surface area (Å²) in [6.45, 7) is 10.7. The third-order valence-corrected chi connectivity index (χ3v) is 2.79. The number of hydrogen-bond acceptors (Lipinski definition) is 0. The second kappa shape index (κ2) is 4.91. The molecule has 0 spiro atoms. The first-order valence-corrected chi connectivity index (χ1v) is 5.07. The zero-order valence-corrected chi connectivity index (χ0v) is 9.65. The van der Waals surface area contributed by atoms with Crippen LogP contribution >= 0.6 is 11.6 Å². The van der Waals surface area contributed by atoms with Gasteiger partial charge in [0.25, 0.3) is 0 Å². The Hall–Kier alpha value is 0.0300. The van der Waals surface area contributed by atoms with Gasteiger partial charge in [-0.15, -0.1) is 11.6 Å². The van der Waals surface area contributed by atoms with E-state index in [0.717, 1.165) is 0 Å². The van der Waals surface area contributed by atoms with Crippen molar-refractivity contribution in [2.24, 2.45) is 11.8 Å². The fraction of sp³-hybridized carbons (Fsp3) is 0.818. The van der Waals surface area contributed by atoms with E-state index in [9.17, 15) is 0 Å². The third-order valence-electron chi connectivity index (χ3n) is 2.42. The fourth-order valence-corrected chi connectivity index (χ4v) is 1.33. The van der Waals surface area contributed by atoms with Crippen LogP contribution in [0.4, 0.5) is 0 Å². The molecule has 0 aliphatic carbocycles. The minimum atomic E-state index is -0.0736. The number of allylic oxidation sites excluding steroid dienone is 2. The summed E-state index contributed by atoms with van der Waals surface area (Å²) in [5.74, 6) is 1.20. The Kier molecular flexibility index (Phi) is 4.92. The highest BCUT2D eigenvalue weighted by Crippen LogP contribution is 2.29. The summed E-state index contributed by atoms with van der Waals surface area (Å²) >= 11 is 6.20. The largest absolute Gasteiger partial charge is 0.120 e. The standard InChI is InChI=1S/C11H21Cl/c1-6-7-9(2)8-10(3)11(4,5)12/h6-7,9-10H,8H2,1-5H3. The molecule has 0 saturated carbocycles. The van der Waals surface area contributed by atoms with Gasteiger partial charge in [0, 0.05) is 4.87 Å². The van der Waals surface area contributed by atoms with Gasteiger partial charge in [-0.25, -0.2) is 0 Å². The van der Waals surface area contributed by atoms with Crippen LogP contribution in [0.1, 0.15) is 41.0 Å². The number of rotatable bonds is 4. The van der Waals surface area contributed by atoms with Crippen molar-refractivity contribution in [3.63, 3.8) is 0 Å². The number of hydrogen-bond donors (Lipinski definition) is 0. The molecule has 0 aromatic carbocycles. The molecular formula is C11H21Cl. The lowest BCUT2D eigenvalue weighted by Crippen LogP contribution is -2.23. The van der Waals surface area contributed by atoms with Crippen molar-refractivity contribution in [1.82, 2.24) is 0 Å². The highest BCUT2D eigenvalue weighted by Gasteiger charge is 2.23. The van der Waals surface area contributed by atoms with Gasteiger partial charge < -0.3 is 0 Å². The maximum absolute atomic E-state index is 6.20. The van der Waals surface area contributed by atoms with Crippen LogP contribution in [0.15, 0.2) is 12.2 Å². The molecule has 0 saturated heterocycles. The summed E-state index contributed by atoms with van der Waals surface area (Å²) in [7, 11) is 0. The van der Waals surface area contributed by atoms with Gasteiger partial charge in [-0.3, -0.25) is 0 Å². The molecule has 0 aromatic heterocycles. The van der Waals surface area contributed by atoms with Crippen molar-refractivity contribution in [3.8, 4) is 0 Å². The number of halogens is 1. The fourth-order valence-electron chi connectivity index (χ4n) is 1.25. The van der Waals surface area contributed by atoms with Crippen LogP contribution in [-0.4, -0.2) is 4.87 Å². The van der Waals surface area contributed by atoms with Crippen LogP contribution in [0.25, 0.3) is 0 Å². The lowest BCUT2D eigenvalue weighted by atomic mass is 9.88. The molecule has 72 valence electrons. The van der Waals surface area contributed by atoms with Gasteiger partial charge in [0.05, 0.1) is 0 Å². The second-order valence-electron chi connectivity index (χ2n) is 4.20. The molecule has 0 heterocycles. The topological polar surface area (TPSA) is 0 Å². The summed E-state index contributed by atoms with van der Waals surface area (Å²) in [5, 5.41) is 0. The SMILES string of the molecule is CC=CC(C)CC(C)C(C)(C)Cl. The smallest absolute Gasteiger partial charge is 0.0416 e. The van der Waals surface area contributed by atoms with Crippen LogP contribution in [0, 0.1) is 11.8 Å². The molecule has 0 N–H and O–H groups in total. The molecular weight excluding hydrogens is 168 g/mol. The summed E-state index contributed by atoms with van der Waals surface area (Å²) in [6, 6.07) is 0. The molecule has 0 aromatic rings. The Morgan fingerprint density at radius 3 is 2.17 bits per heavy atom. The van der Waals surface area contributed by atoms with Crippen LogP contribution in [0.3, 0.4) is 0 Å². The molecule has 2 unspecified atom stereocenters. The summed E-state index contributed by atoms with van der Waals surface area (Å²) in [4.78, 5) is -0.0736. The monoisotopic (exact) mass is 188 g/mol. The average Bonchev–Trinajstić information content (AvgIpc) is 1.85. The number of alkyl halides is 1. The maximum Gasteiger partial charge on any atom is 0.0416 e. The maximum atomic E-state index is 6.20. The van der Waals surface area contributed by atoms with Crippen LogP contribution < -0.4 is 0 Å². The van der Waals surface area contributed by atoms with E-state index in [-0.39, 0.29) is 4.87 Å². The summed E-state index contributed by atoms with van der Waals surface area (Å²) in [5.41, 5.74) is 0. The van der Waals surface area contributed by atoms with Crippen molar-refractivity contribution in [2.75, 3.05) is 0 Å². The Bertz CT molecular complexity index is 142. The van der Waals surface area contributed by atoms with E-state index in [1.54, 1.807) is 0 Å². The summed E-state index contributed by atoms with van der Waals surface area (Å²) < 4.78 is 0. The molecule has 2 atom stereocenters. The Balaban J connectivity index is 3.92. The van der Waals surface area contributed by atoms with E-state index in [4.69, 9.17) is 11.6 Å². The van der Waals surface area contributed by atoms with Crippen LogP contribution in [0.5, 0.6) is 0 Å². The molecule has 0 nitrogen and oxygen atoms in total. The van der Waals surface area contributed by atoms with Gasteiger partial charge in [-0.1, -0.05) is 26.0 Å². The van der Waals surface area contributed by atoms with E-state index in [1.807, 2.05) is 0 Å².